The first-order valence-electron chi connectivity index (χ1n) is 9.26. The molecule has 3 nitrogen and oxygen atoms in total. The van der Waals surface area contributed by atoms with E-state index >= 15 is 0 Å². The molecule has 1 aliphatic rings. The number of amides is 1. The summed E-state index contributed by atoms with van der Waals surface area (Å²) < 4.78 is 5.16. The summed E-state index contributed by atoms with van der Waals surface area (Å²) >= 11 is 0. The minimum absolute atomic E-state index is 0.135. The van der Waals surface area contributed by atoms with E-state index in [2.05, 4.69) is 13.0 Å². The minimum atomic E-state index is 0.135. The van der Waals surface area contributed by atoms with Gasteiger partial charge in [-0.3, -0.25) is 4.79 Å². The maximum absolute atomic E-state index is 12.5. The third-order valence-electron chi connectivity index (χ3n) is 4.05. The number of ether oxygens (including phenoxy) is 1. The lowest BCUT2D eigenvalue weighted by atomic mass is 10.0. The summed E-state index contributed by atoms with van der Waals surface area (Å²) in [5, 5.41) is 0. The van der Waals surface area contributed by atoms with Crippen molar-refractivity contribution < 1.29 is 9.53 Å². The number of carbonyl (C=O) groups excluding carboxylic acids is 1. The van der Waals surface area contributed by atoms with Crippen LogP contribution in [0.2, 0.25) is 0 Å². The Hall–Kier alpha value is -2.29. The van der Waals surface area contributed by atoms with Gasteiger partial charge >= 0.3 is 0 Å². The molecule has 1 heterocycles. The first kappa shape index (κ1) is 20.8. The molecule has 136 valence electrons. The van der Waals surface area contributed by atoms with Gasteiger partial charge in [0.1, 0.15) is 5.75 Å². The molecule has 25 heavy (non-hydrogen) atoms. The summed E-state index contributed by atoms with van der Waals surface area (Å²) in [7, 11) is 1.65. The number of benzene rings is 2. The smallest absolute Gasteiger partial charge is 0.254 e. The van der Waals surface area contributed by atoms with Crippen molar-refractivity contribution in [2.24, 2.45) is 0 Å². The van der Waals surface area contributed by atoms with Crippen LogP contribution in [0, 0.1) is 0 Å². The molecule has 0 radical (unpaired) electrons. The van der Waals surface area contributed by atoms with E-state index in [-0.39, 0.29) is 5.91 Å². The van der Waals surface area contributed by atoms with Crippen molar-refractivity contribution in [1.82, 2.24) is 4.90 Å². The molecular weight excluding hydrogens is 310 g/mol. The maximum atomic E-state index is 12.5. The summed E-state index contributed by atoms with van der Waals surface area (Å²) in [5.74, 6) is 0.971. The summed E-state index contributed by atoms with van der Waals surface area (Å²) in [6.07, 6.45) is 0.965. The van der Waals surface area contributed by atoms with Gasteiger partial charge in [-0.05, 0) is 41.3 Å². The summed E-state index contributed by atoms with van der Waals surface area (Å²) in [4.78, 5) is 14.4. The second-order valence-corrected chi connectivity index (χ2v) is 5.31. The minimum Gasteiger partial charge on any atom is -0.497 e. The Morgan fingerprint density at radius 1 is 1.00 bits per heavy atom. The lowest BCUT2D eigenvalue weighted by Crippen LogP contribution is -2.23. The highest BCUT2D eigenvalue weighted by molar-refractivity contribution is 5.98. The molecule has 2 aromatic rings. The highest BCUT2D eigenvalue weighted by Crippen LogP contribution is 2.28. The van der Waals surface area contributed by atoms with Crippen molar-refractivity contribution >= 4 is 5.91 Å². The number of hydrogen-bond acceptors (Lipinski definition) is 2. The molecule has 0 spiro atoms. The molecule has 0 N–H and O–H groups in total. The van der Waals surface area contributed by atoms with Crippen molar-refractivity contribution in [3.8, 4) is 5.75 Å². The van der Waals surface area contributed by atoms with E-state index in [0.717, 1.165) is 23.3 Å². The van der Waals surface area contributed by atoms with Crippen molar-refractivity contribution in [3.63, 3.8) is 0 Å². The fraction of sp³-hybridized carbons (Fsp3) is 0.409. The van der Waals surface area contributed by atoms with Crippen molar-refractivity contribution in [3.05, 3.63) is 64.7 Å². The topological polar surface area (TPSA) is 29.5 Å². The van der Waals surface area contributed by atoms with Crippen LogP contribution in [0.3, 0.4) is 0 Å². The summed E-state index contributed by atoms with van der Waals surface area (Å²) in [5.41, 5.74) is 4.45. The second-order valence-electron chi connectivity index (χ2n) is 5.31. The maximum Gasteiger partial charge on any atom is 0.254 e. The zero-order valence-corrected chi connectivity index (χ0v) is 16.4. The molecule has 0 bridgehead atoms. The number of aryl methyl sites for hydroxylation is 1. The number of carbonyl (C=O) groups is 1. The van der Waals surface area contributed by atoms with Gasteiger partial charge in [0.2, 0.25) is 0 Å². The van der Waals surface area contributed by atoms with Gasteiger partial charge in [-0.2, -0.15) is 0 Å². The van der Waals surface area contributed by atoms with Crippen LogP contribution in [-0.4, -0.2) is 17.9 Å². The molecule has 0 aliphatic carbocycles. The zero-order chi connectivity index (χ0) is 18.8. The molecular formula is C22H31NO2. The van der Waals surface area contributed by atoms with Gasteiger partial charge < -0.3 is 9.64 Å². The van der Waals surface area contributed by atoms with E-state index in [1.54, 1.807) is 7.11 Å². The lowest BCUT2D eigenvalue weighted by Gasteiger charge is -2.16. The number of methoxy groups -OCH3 is 1. The molecule has 2 aromatic carbocycles. The quantitative estimate of drug-likeness (QED) is 0.738. The van der Waals surface area contributed by atoms with Crippen molar-refractivity contribution in [2.75, 3.05) is 7.11 Å². The average molecular weight is 341 g/mol. The van der Waals surface area contributed by atoms with Gasteiger partial charge in [0.25, 0.3) is 5.91 Å². The molecule has 0 saturated heterocycles. The molecule has 0 fully saturated rings. The molecule has 0 unspecified atom stereocenters. The van der Waals surface area contributed by atoms with Gasteiger partial charge in [0.05, 0.1) is 7.11 Å². The molecule has 3 heteroatoms. The standard InChI is InChI=1S/C18H19NO2.2C2H6/c1-3-14-5-4-6-16-17(14)12-19(18(16)20)11-13-7-9-15(21-2)10-8-13;2*1-2/h4-10H,3,11-12H2,1-2H3;2*1-2H3. The number of nitrogens with zero attached hydrogens (tertiary/aromatic N) is 1. The fourth-order valence-electron chi connectivity index (χ4n) is 2.87. The van der Waals surface area contributed by atoms with E-state index in [1.807, 2.05) is 69.0 Å². The van der Waals surface area contributed by atoms with Crippen LogP contribution in [0.25, 0.3) is 0 Å². The van der Waals surface area contributed by atoms with Crippen molar-refractivity contribution in [1.29, 1.82) is 0 Å². The van der Waals surface area contributed by atoms with Crippen molar-refractivity contribution in [2.45, 2.75) is 54.1 Å². The Kier molecular flexibility index (Phi) is 8.76. The van der Waals surface area contributed by atoms with Gasteiger partial charge in [-0.15, -0.1) is 0 Å². The Morgan fingerprint density at radius 3 is 2.20 bits per heavy atom. The monoisotopic (exact) mass is 341 g/mol. The third-order valence-corrected chi connectivity index (χ3v) is 4.05. The number of hydrogen-bond donors (Lipinski definition) is 0. The first-order chi connectivity index (χ1) is 12.2. The van der Waals surface area contributed by atoms with E-state index in [1.165, 1.54) is 11.1 Å². The van der Waals surface area contributed by atoms with Crippen LogP contribution in [0.5, 0.6) is 5.75 Å². The van der Waals surface area contributed by atoms with E-state index < -0.39 is 0 Å². The second kappa shape index (κ2) is 10.5. The summed E-state index contributed by atoms with van der Waals surface area (Å²) in [6, 6.07) is 13.9. The molecule has 0 aromatic heterocycles. The van der Waals surface area contributed by atoms with E-state index in [9.17, 15) is 4.79 Å². The summed E-state index contributed by atoms with van der Waals surface area (Å²) in [6.45, 7) is 11.5. The highest BCUT2D eigenvalue weighted by atomic mass is 16.5. The molecule has 0 saturated carbocycles. The molecule has 1 aliphatic heterocycles. The molecule has 0 atom stereocenters. The Bertz CT molecular complexity index is 662. The van der Waals surface area contributed by atoms with Gasteiger partial charge in [-0.25, -0.2) is 0 Å². The third kappa shape index (κ3) is 4.85. The van der Waals surface area contributed by atoms with E-state index in [4.69, 9.17) is 4.74 Å². The Morgan fingerprint density at radius 2 is 1.64 bits per heavy atom. The SMILES string of the molecule is CC.CC.CCc1cccc2c1CN(Cc1ccc(OC)cc1)C2=O. The predicted molar refractivity (Wildman–Crippen MR) is 105 cm³/mol. The molecule has 1 amide bonds. The van der Waals surface area contributed by atoms with Crippen LogP contribution in [0.15, 0.2) is 42.5 Å². The van der Waals surface area contributed by atoms with Crippen LogP contribution < -0.4 is 4.74 Å². The van der Waals surface area contributed by atoms with Crippen LogP contribution >= 0.6 is 0 Å². The zero-order valence-electron chi connectivity index (χ0n) is 16.4. The Labute approximate surface area is 152 Å². The Balaban J connectivity index is 0.000000730. The van der Waals surface area contributed by atoms with Crippen LogP contribution in [0.4, 0.5) is 0 Å². The highest BCUT2D eigenvalue weighted by Gasteiger charge is 2.28. The largest absolute Gasteiger partial charge is 0.497 e. The molecule has 3 rings (SSSR count). The predicted octanol–water partition coefficient (Wildman–Crippen LogP) is 5.47. The van der Waals surface area contributed by atoms with Gasteiger partial charge in [0, 0.05) is 18.7 Å². The van der Waals surface area contributed by atoms with Crippen LogP contribution in [-0.2, 0) is 19.5 Å². The van der Waals surface area contributed by atoms with E-state index in [0.29, 0.717) is 13.1 Å². The number of fused-ring (bicyclic) bond motifs is 1. The normalized spacial score (nSPS) is 11.8. The van der Waals surface area contributed by atoms with Gasteiger partial charge in [-0.1, -0.05) is 58.9 Å². The lowest BCUT2D eigenvalue weighted by molar-refractivity contribution is 0.0766. The number of rotatable bonds is 4. The van der Waals surface area contributed by atoms with Gasteiger partial charge in [0.15, 0.2) is 0 Å². The first-order valence-corrected chi connectivity index (χ1v) is 9.26. The average Bonchev–Trinajstić information content (AvgIpc) is 3.01. The fourth-order valence-corrected chi connectivity index (χ4v) is 2.87. The van der Waals surface area contributed by atoms with Crippen LogP contribution in [0.1, 0.15) is 61.7 Å².